The molecule has 0 aromatic heterocycles. The molecule has 1 amide bonds. The SMILES string of the molecule is O=C(N[C@H]1CC[C@@H]1CNS(=O)(=O)N1CCc2cc(Cl)ccc2C1)OCc1ccccc1. The van der Waals surface area contributed by atoms with Crippen molar-refractivity contribution in [2.45, 2.75) is 38.5 Å². The van der Waals surface area contributed by atoms with Gasteiger partial charge in [-0.15, -0.1) is 0 Å². The largest absolute Gasteiger partial charge is 0.445 e. The van der Waals surface area contributed by atoms with Crippen molar-refractivity contribution >= 4 is 27.9 Å². The quantitative estimate of drug-likeness (QED) is 0.659. The number of fused-ring (bicyclic) bond motifs is 1. The van der Waals surface area contributed by atoms with Gasteiger partial charge >= 0.3 is 6.09 Å². The van der Waals surface area contributed by atoms with Gasteiger partial charge in [-0.05, 0) is 54.0 Å². The van der Waals surface area contributed by atoms with Crippen LogP contribution in [0.5, 0.6) is 0 Å². The Hall–Kier alpha value is -2.13. The molecule has 4 rings (SSSR count). The number of carbonyl (C=O) groups is 1. The molecule has 0 bridgehead atoms. The number of alkyl carbamates (subject to hydrolysis) is 1. The Labute approximate surface area is 187 Å². The number of hydrogen-bond donors (Lipinski definition) is 2. The average Bonchev–Trinajstić information content (AvgIpc) is 2.75. The van der Waals surface area contributed by atoms with Crippen LogP contribution in [0.3, 0.4) is 0 Å². The molecule has 166 valence electrons. The minimum Gasteiger partial charge on any atom is -0.445 e. The van der Waals surface area contributed by atoms with Crippen molar-refractivity contribution in [1.82, 2.24) is 14.3 Å². The predicted molar refractivity (Wildman–Crippen MR) is 119 cm³/mol. The number of rotatable bonds is 7. The molecular formula is C22H26ClN3O4S. The molecule has 1 aliphatic carbocycles. The Morgan fingerprint density at radius 2 is 1.94 bits per heavy atom. The van der Waals surface area contributed by atoms with Gasteiger partial charge in [0.05, 0.1) is 0 Å². The summed E-state index contributed by atoms with van der Waals surface area (Å²) in [4.78, 5) is 12.1. The highest BCUT2D eigenvalue weighted by atomic mass is 35.5. The third kappa shape index (κ3) is 5.57. The van der Waals surface area contributed by atoms with Crippen molar-refractivity contribution in [2.24, 2.45) is 5.92 Å². The minimum atomic E-state index is -3.60. The molecule has 1 aliphatic heterocycles. The van der Waals surface area contributed by atoms with Crippen molar-refractivity contribution in [1.29, 1.82) is 0 Å². The van der Waals surface area contributed by atoms with Gasteiger partial charge in [0.2, 0.25) is 0 Å². The average molecular weight is 464 g/mol. The topological polar surface area (TPSA) is 87.7 Å². The maximum Gasteiger partial charge on any atom is 0.407 e. The number of ether oxygens (including phenoxy) is 1. The highest BCUT2D eigenvalue weighted by Gasteiger charge is 2.34. The normalized spacial score (nSPS) is 21.1. The van der Waals surface area contributed by atoms with Crippen LogP contribution in [0, 0.1) is 5.92 Å². The highest BCUT2D eigenvalue weighted by molar-refractivity contribution is 7.87. The second-order valence-corrected chi connectivity index (χ2v) is 10.2. The van der Waals surface area contributed by atoms with Gasteiger partial charge < -0.3 is 10.1 Å². The molecule has 2 atom stereocenters. The van der Waals surface area contributed by atoms with Crippen molar-refractivity contribution < 1.29 is 17.9 Å². The van der Waals surface area contributed by atoms with Crippen LogP contribution < -0.4 is 10.0 Å². The van der Waals surface area contributed by atoms with Crippen LogP contribution in [-0.2, 0) is 34.5 Å². The summed E-state index contributed by atoms with van der Waals surface area (Å²) < 4.78 is 35.0. The lowest BCUT2D eigenvalue weighted by Crippen LogP contribution is -2.52. The standard InChI is InChI=1S/C22H26ClN3O4S/c23-20-8-6-19-14-26(11-10-17(19)12-20)31(28,29)24-13-18-7-9-21(18)25-22(27)30-15-16-4-2-1-3-5-16/h1-6,8,12,18,21,24H,7,9-11,13-15H2,(H,25,27)/t18-,21+/m1/s1. The minimum absolute atomic E-state index is 0.0509. The Morgan fingerprint density at radius 3 is 2.68 bits per heavy atom. The lowest BCUT2D eigenvalue weighted by Gasteiger charge is -2.37. The van der Waals surface area contributed by atoms with Gasteiger partial charge in [0, 0.05) is 30.7 Å². The van der Waals surface area contributed by atoms with E-state index in [4.69, 9.17) is 16.3 Å². The van der Waals surface area contributed by atoms with Crippen LogP contribution in [0.15, 0.2) is 48.5 Å². The first-order chi connectivity index (χ1) is 14.9. The maximum absolute atomic E-state index is 12.8. The van der Waals surface area contributed by atoms with Gasteiger partial charge in [-0.1, -0.05) is 48.0 Å². The molecule has 2 aromatic carbocycles. The molecule has 31 heavy (non-hydrogen) atoms. The summed E-state index contributed by atoms with van der Waals surface area (Å²) in [6.45, 7) is 1.25. The van der Waals surface area contributed by atoms with Gasteiger partial charge in [0.15, 0.2) is 0 Å². The predicted octanol–water partition coefficient (Wildman–Crippen LogP) is 3.24. The Morgan fingerprint density at radius 1 is 1.13 bits per heavy atom. The zero-order valence-corrected chi connectivity index (χ0v) is 18.7. The number of nitrogens with zero attached hydrogens (tertiary/aromatic N) is 1. The summed E-state index contributed by atoms with van der Waals surface area (Å²) in [5.41, 5.74) is 2.99. The van der Waals surface area contributed by atoms with E-state index in [1.807, 2.05) is 42.5 Å². The molecule has 9 heteroatoms. The van der Waals surface area contributed by atoms with Crippen LogP contribution in [0.4, 0.5) is 4.79 Å². The van der Waals surface area contributed by atoms with E-state index in [9.17, 15) is 13.2 Å². The van der Waals surface area contributed by atoms with Crippen LogP contribution in [0.2, 0.25) is 5.02 Å². The number of hydrogen-bond acceptors (Lipinski definition) is 4. The van der Waals surface area contributed by atoms with Gasteiger partial charge in [0.25, 0.3) is 10.2 Å². The maximum atomic E-state index is 12.8. The fourth-order valence-electron chi connectivity index (χ4n) is 3.92. The van der Waals surface area contributed by atoms with E-state index in [0.717, 1.165) is 29.5 Å². The van der Waals surface area contributed by atoms with E-state index in [2.05, 4.69) is 10.0 Å². The van der Waals surface area contributed by atoms with Crippen LogP contribution >= 0.6 is 11.6 Å². The summed E-state index contributed by atoms with van der Waals surface area (Å²) in [6, 6.07) is 14.9. The zero-order valence-electron chi connectivity index (χ0n) is 17.1. The smallest absolute Gasteiger partial charge is 0.407 e. The number of carbonyl (C=O) groups excluding carboxylic acids is 1. The summed E-state index contributed by atoms with van der Waals surface area (Å²) in [6.07, 6.45) is 1.82. The molecule has 0 spiro atoms. The van der Waals surface area contributed by atoms with E-state index < -0.39 is 16.3 Å². The summed E-state index contributed by atoms with van der Waals surface area (Å²) in [7, 11) is -3.60. The third-order valence-electron chi connectivity index (χ3n) is 5.95. The van der Waals surface area contributed by atoms with Crippen LogP contribution in [-0.4, -0.2) is 37.9 Å². The van der Waals surface area contributed by atoms with Gasteiger partial charge in [-0.3, -0.25) is 0 Å². The van der Waals surface area contributed by atoms with Crippen LogP contribution in [0.1, 0.15) is 29.5 Å². The molecule has 0 saturated heterocycles. The van der Waals surface area contributed by atoms with E-state index in [-0.39, 0.29) is 25.1 Å². The summed E-state index contributed by atoms with van der Waals surface area (Å²) in [5, 5.41) is 3.51. The van der Waals surface area contributed by atoms with Gasteiger partial charge in [-0.25, -0.2) is 9.52 Å². The number of halogens is 1. The van der Waals surface area contributed by atoms with E-state index in [1.165, 1.54) is 4.31 Å². The molecule has 1 fully saturated rings. The zero-order chi connectivity index (χ0) is 21.8. The first-order valence-corrected chi connectivity index (χ1v) is 12.2. The lowest BCUT2D eigenvalue weighted by atomic mass is 9.80. The molecule has 1 saturated carbocycles. The van der Waals surface area contributed by atoms with Crippen molar-refractivity contribution in [2.75, 3.05) is 13.1 Å². The molecule has 2 N–H and O–H groups in total. The van der Waals surface area contributed by atoms with Crippen LogP contribution in [0.25, 0.3) is 0 Å². The molecule has 1 heterocycles. The third-order valence-corrected chi connectivity index (χ3v) is 7.70. The van der Waals surface area contributed by atoms with Crippen molar-refractivity contribution in [3.63, 3.8) is 0 Å². The summed E-state index contributed by atoms with van der Waals surface area (Å²) >= 11 is 6.03. The summed E-state index contributed by atoms with van der Waals surface area (Å²) in [5.74, 6) is 0.0509. The molecule has 7 nitrogen and oxygen atoms in total. The monoisotopic (exact) mass is 463 g/mol. The van der Waals surface area contributed by atoms with E-state index in [0.29, 0.717) is 24.5 Å². The van der Waals surface area contributed by atoms with E-state index in [1.54, 1.807) is 6.07 Å². The Balaban J connectivity index is 1.24. The van der Waals surface area contributed by atoms with E-state index >= 15 is 0 Å². The molecule has 2 aliphatic rings. The molecule has 2 aromatic rings. The Kier molecular flexibility index (Phi) is 6.81. The second kappa shape index (κ2) is 9.56. The van der Waals surface area contributed by atoms with Crippen molar-refractivity contribution in [3.05, 3.63) is 70.2 Å². The molecule has 0 unspecified atom stereocenters. The fraction of sp³-hybridized carbons (Fsp3) is 0.409. The first-order valence-electron chi connectivity index (χ1n) is 10.4. The van der Waals surface area contributed by atoms with Crippen molar-refractivity contribution in [3.8, 4) is 0 Å². The first kappa shape index (κ1) is 22.1. The molecule has 0 radical (unpaired) electrons. The number of amides is 1. The highest BCUT2D eigenvalue weighted by Crippen LogP contribution is 2.28. The lowest BCUT2D eigenvalue weighted by molar-refractivity contribution is 0.118. The fourth-order valence-corrected chi connectivity index (χ4v) is 5.37. The molecular weight excluding hydrogens is 438 g/mol. The second-order valence-electron chi connectivity index (χ2n) is 8.00. The Bertz CT molecular complexity index is 1030. The number of nitrogens with one attached hydrogen (secondary N) is 2. The van der Waals surface area contributed by atoms with Gasteiger partial charge in [0.1, 0.15) is 6.61 Å². The van der Waals surface area contributed by atoms with Gasteiger partial charge in [-0.2, -0.15) is 12.7 Å². The number of benzene rings is 2.